The maximum Gasteiger partial charge on any atom is 0.269 e. The molecule has 1 fully saturated rings. The molecule has 1 unspecified atom stereocenters. The summed E-state index contributed by atoms with van der Waals surface area (Å²) in [6.07, 6.45) is 5.20. The highest BCUT2D eigenvalue weighted by Gasteiger charge is 2.31. The van der Waals surface area contributed by atoms with Crippen LogP contribution in [-0.4, -0.2) is 65.6 Å². The number of carbonyl (C=O) groups excluding carboxylic acids is 1. The van der Waals surface area contributed by atoms with Gasteiger partial charge in [0.05, 0.1) is 35.1 Å². The third kappa shape index (κ3) is 5.17. The molecule has 1 aliphatic carbocycles. The first-order valence-corrected chi connectivity index (χ1v) is 11.4. The van der Waals surface area contributed by atoms with E-state index in [1.165, 1.54) is 23.4 Å². The number of pyridine rings is 2. The molecule has 2 N–H and O–H groups in total. The number of anilines is 1. The molecule has 4 heterocycles. The number of carbonyl (C=O) groups is 1. The number of nitrogens with one attached hydrogen (secondary N) is 1. The van der Waals surface area contributed by atoms with Gasteiger partial charge in [0.25, 0.3) is 5.91 Å². The molecule has 1 amide bonds. The smallest absolute Gasteiger partial charge is 0.269 e. The van der Waals surface area contributed by atoms with Gasteiger partial charge < -0.3 is 19.9 Å². The van der Waals surface area contributed by atoms with Crippen LogP contribution in [0.15, 0.2) is 49.2 Å². The highest BCUT2D eigenvalue weighted by atomic mass is 35.5. The minimum atomic E-state index is -1.08. The molecule has 0 bridgehead atoms. The monoisotopic (exact) mass is 515 g/mol. The molecule has 13 heteroatoms. The average Bonchev–Trinajstić information content (AvgIpc) is 3.26. The Morgan fingerprint density at radius 2 is 2.03 bits per heavy atom. The Hall–Kier alpha value is -3.38. The second-order valence-corrected chi connectivity index (χ2v) is 8.66. The van der Waals surface area contributed by atoms with Crippen LogP contribution in [0.2, 0.25) is 10.0 Å². The third-order valence-electron chi connectivity index (χ3n) is 5.35. The van der Waals surface area contributed by atoms with Crippen LogP contribution in [0.4, 0.5) is 5.82 Å². The molecule has 4 aromatic heterocycles. The second kappa shape index (κ2) is 10.1. The summed E-state index contributed by atoms with van der Waals surface area (Å²) < 4.78 is 13.2. The highest BCUT2D eigenvalue weighted by molar-refractivity contribution is 6.32. The highest BCUT2D eigenvalue weighted by Crippen LogP contribution is 2.27. The predicted octanol–water partition coefficient (Wildman–Crippen LogP) is 2.84. The molecular weight excluding hydrogens is 497 g/mol. The van der Waals surface area contributed by atoms with E-state index in [1.807, 2.05) is 0 Å². The largest absolute Gasteiger partial charge is 0.461 e. The molecule has 0 radical (unpaired) electrons. The number of ether oxygens (including phenoxy) is 2. The van der Waals surface area contributed by atoms with E-state index < -0.39 is 18.1 Å². The Morgan fingerprint density at radius 3 is 2.77 bits per heavy atom. The zero-order valence-electron chi connectivity index (χ0n) is 18.1. The minimum Gasteiger partial charge on any atom is -0.461 e. The SMILES string of the molecule is O=C(Nc1ccc(Cl)cn1)C(COC1CC(O)C1)Oc1ncnc2c1cnn2-c1ncccc1Cl. The second-order valence-electron chi connectivity index (χ2n) is 7.82. The van der Waals surface area contributed by atoms with Crippen molar-refractivity contribution in [3.8, 4) is 11.7 Å². The molecule has 0 aliphatic heterocycles. The maximum atomic E-state index is 13.1. The van der Waals surface area contributed by atoms with Crippen molar-refractivity contribution in [2.45, 2.75) is 31.2 Å². The normalized spacial score (nSPS) is 18.1. The van der Waals surface area contributed by atoms with Crippen LogP contribution in [0.25, 0.3) is 16.9 Å². The van der Waals surface area contributed by atoms with Crippen molar-refractivity contribution >= 4 is 46.0 Å². The Morgan fingerprint density at radius 1 is 1.17 bits per heavy atom. The van der Waals surface area contributed by atoms with Crippen LogP contribution in [0.1, 0.15) is 12.8 Å². The molecule has 0 saturated heterocycles. The Balaban J connectivity index is 1.40. The van der Waals surface area contributed by atoms with Crippen LogP contribution in [0.3, 0.4) is 0 Å². The van der Waals surface area contributed by atoms with Gasteiger partial charge in [-0.3, -0.25) is 4.79 Å². The Kier molecular flexibility index (Phi) is 6.73. The van der Waals surface area contributed by atoms with Crippen LogP contribution in [-0.2, 0) is 9.53 Å². The summed E-state index contributed by atoms with van der Waals surface area (Å²) in [5.74, 6) is 0.336. The average molecular weight is 516 g/mol. The summed E-state index contributed by atoms with van der Waals surface area (Å²) in [6.45, 7) is -0.0670. The molecule has 0 aromatic carbocycles. The number of aliphatic hydroxyl groups excluding tert-OH is 1. The van der Waals surface area contributed by atoms with Gasteiger partial charge in [-0.05, 0) is 37.1 Å². The fourth-order valence-electron chi connectivity index (χ4n) is 3.46. The molecule has 180 valence electrons. The van der Waals surface area contributed by atoms with Crippen molar-refractivity contribution in [3.05, 3.63) is 59.2 Å². The first kappa shape index (κ1) is 23.4. The number of hydrogen-bond donors (Lipinski definition) is 2. The zero-order chi connectivity index (χ0) is 24.4. The van der Waals surface area contributed by atoms with E-state index in [2.05, 4.69) is 30.4 Å². The van der Waals surface area contributed by atoms with E-state index in [0.717, 1.165) is 0 Å². The molecule has 35 heavy (non-hydrogen) atoms. The van der Waals surface area contributed by atoms with E-state index in [4.69, 9.17) is 32.7 Å². The van der Waals surface area contributed by atoms with Gasteiger partial charge in [-0.1, -0.05) is 23.2 Å². The predicted molar refractivity (Wildman–Crippen MR) is 127 cm³/mol. The van der Waals surface area contributed by atoms with Crippen LogP contribution >= 0.6 is 23.2 Å². The number of hydrogen-bond acceptors (Lipinski definition) is 9. The number of amides is 1. The number of rotatable bonds is 8. The summed E-state index contributed by atoms with van der Waals surface area (Å²) in [5.41, 5.74) is 0.400. The minimum absolute atomic E-state index is 0.0670. The number of aliphatic hydroxyl groups is 1. The van der Waals surface area contributed by atoms with Gasteiger partial charge >= 0.3 is 0 Å². The van der Waals surface area contributed by atoms with Crippen molar-refractivity contribution in [1.82, 2.24) is 29.7 Å². The van der Waals surface area contributed by atoms with E-state index in [-0.39, 0.29) is 18.6 Å². The van der Waals surface area contributed by atoms with E-state index >= 15 is 0 Å². The molecule has 11 nitrogen and oxygen atoms in total. The van der Waals surface area contributed by atoms with Gasteiger partial charge in [0, 0.05) is 12.4 Å². The fourth-order valence-corrected chi connectivity index (χ4v) is 3.77. The van der Waals surface area contributed by atoms with E-state index in [1.54, 1.807) is 30.5 Å². The van der Waals surface area contributed by atoms with Crippen molar-refractivity contribution in [3.63, 3.8) is 0 Å². The lowest BCUT2D eigenvalue weighted by molar-refractivity contribution is -0.131. The standard InChI is InChI=1S/C22H19Cl2N7O4/c23-12-3-4-18(26-8-12)30-21(33)17(10-34-14-6-13(32)7-14)35-22-15-9-29-31(19(15)27-11-28-22)20-16(24)2-1-5-25-20/h1-5,8-9,11,13-14,17,32H,6-7,10H2,(H,26,30,33). The molecule has 1 saturated carbocycles. The maximum absolute atomic E-state index is 13.1. The summed E-state index contributed by atoms with van der Waals surface area (Å²) in [5, 5.41) is 17.8. The Bertz CT molecular complexity index is 1350. The lowest BCUT2D eigenvalue weighted by Crippen LogP contribution is -2.42. The molecule has 4 aromatic rings. The molecule has 0 spiro atoms. The summed E-state index contributed by atoms with van der Waals surface area (Å²) in [4.78, 5) is 29.9. The van der Waals surface area contributed by atoms with Gasteiger partial charge in [-0.25, -0.2) is 19.9 Å². The first-order chi connectivity index (χ1) is 17.0. The van der Waals surface area contributed by atoms with E-state index in [9.17, 15) is 9.90 Å². The van der Waals surface area contributed by atoms with Crippen LogP contribution in [0, 0.1) is 0 Å². The Labute approximate surface area is 209 Å². The van der Waals surface area contributed by atoms with Crippen molar-refractivity contribution in [2.24, 2.45) is 0 Å². The van der Waals surface area contributed by atoms with Crippen molar-refractivity contribution in [2.75, 3.05) is 11.9 Å². The summed E-state index contributed by atoms with van der Waals surface area (Å²) >= 11 is 12.1. The summed E-state index contributed by atoms with van der Waals surface area (Å²) in [7, 11) is 0. The van der Waals surface area contributed by atoms with E-state index in [0.29, 0.717) is 45.6 Å². The van der Waals surface area contributed by atoms with Crippen molar-refractivity contribution in [1.29, 1.82) is 0 Å². The number of halogens is 2. The van der Waals surface area contributed by atoms with Gasteiger partial charge in [0.15, 0.2) is 11.5 Å². The molecule has 1 atom stereocenters. The number of fused-ring (bicyclic) bond motifs is 1. The van der Waals surface area contributed by atoms with Gasteiger partial charge in [-0.2, -0.15) is 9.78 Å². The third-order valence-corrected chi connectivity index (χ3v) is 5.87. The lowest BCUT2D eigenvalue weighted by Gasteiger charge is -2.32. The quantitative estimate of drug-likeness (QED) is 0.362. The lowest BCUT2D eigenvalue weighted by atomic mass is 9.92. The van der Waals surface area contributed by atoms with Crippen LogP contribution < -0.4 is 10.1 Å². The zero-order valence-corrected chi connectivity index (χ0v) is 19.6. The number of nitrogens with zero attached hydrogens (tertiary/aromatic N) is 6. The number of aromatic nitrogens is 6. The van der Waals surface area contributed by atoms with Crippen LogP contribution in [0.5, 0.6) is 5.88 Å². The molecular formula is C22H19Cl2N7O4. The first-order valence-electron chi connectivity index (χ1n) is 10.7. The van der Waals surface area contributed by atoms with Gasteiger partial charge in [0.2, 0.25) is 12.0 Å². The summed E-state index contributed by atoms with van der Waals surface area (Å²) in [6, 6.07) is 6.58. The van der Waals surface area contributed by atoms with Gasteiger partial charge in [-0.15, -0.1) is 0 Å². The topological polar surface area (TPSA) is 137 Å². The van der Waals surface area contributed by atoms with Crippen molar-refractivity contribution < 1.29 is 19.4 Å². The fraction of sp³-hybridized carbons (Fsp3) is 0.273. The van der Waals surface area contributed by atoms with Gasteiger partial charge in [0.1, 0.15) is 17.5 Å². The molecule has 5 rings (SSSR count). The molecule has 1 aliphatic rings.